The van der Waals surface area contributed by atoms with Gasteiger partial charge in [0, 0.05) is 43.9 Å². The Morgan fingerprint density at radius 2 is 1.73 bits per heavy atom. The van der Waals surface area contributed by atoms with Crippen LogP contribution in [0.25, 0.3) is 0 Å². The topological polar surface area (TPSA) is 114 Å². The van der Waals surface area contributed by atoms with Gasteiger partial charge < -0.3 is 15.4 Å². The lowest BCUT2D eigenvalue weighted by molar-refractivity contribution is -0.384. The largest absolute Gasteiger partial charge is 0.379 e. The molecule has 0 saturated carbocycles. The number of nitrogens with zero attached hydrogens (tertiary/aromatic N) is 2. The number of nitro groups is 1. The van der Waals surface area contributed by atoms with E-state index in [0.29, 0.717) is 6.54 Å². The predicted molar refractivity (Wildman–Crippen MR) is 110 cm³/mol. The number of benzene rings is 2. The van der Waals surface area contributed by atoms with Gasteiger partial charge in [-0.1, -0.05) is 30.3 Å². The molecule has 2 N–H and O–H groups in total. The molecular weight excluding hydrogens is 388 g/mol. The van der Waals surface area contributed by atoms with Crippen molar-refractivity contribution in [3.8, 4) is 0 Å². The van der Waals surface area contributed by atoms with Gasteiger partial charge in [-0.2, -0.15) is 0 Å². The fourth-order valence-corrected chi connectivity index (χ4v) is 3.07. The fourth-order valence-electron chi connectivity index (χ4n) is 3.07. The Kier molecular flexibility index (Phi) is 7.47. The molecule has 1 aliphatic heterocycles. The maximum Gasteiger partial charge on any atom is 0.270 e. The number of amides is 2. The summed E-state index contributed by atoms with van der Waals surface area (Å²) in [6.45, 7) is 4.41. The minimum absolute atomic E-state index is 0.132. The average Bonchev–Trinajstić information content (AvgIpc) is 2.77. The van der Waals surface area contributed by atoms with E-state index in [-0.39, 0.29) is 23.7 Å². The SMILES string of the molecule is O=C(CNC(=O)c1cccc([N+](=O)[O-])c1)NCc1ccc(CN2CCOCC2)cc1. The van der Waals surface area contributed by atoms with Gasteiger partial charge in [-0.25, -0.2) is 0 Å². The average molecular weight is 412 g/mol. The van der Waals surface area contributed by atoms with E-state index in [4.69, 9.17) is 4.74 Å². The molecule has 0 spiro atoms. The smallest absolute Gasteiger partial charge is 0.270 e. The van der Waals surface area contributed by atoms with Crippen molar-refractivity contribution in [2.75, 3.05) is 32.8 Å². The van der Waals surface area contributed by atoms with Gasteiger partial charge in [0.2, 0.25) is 5.91 Å². The van der Waals surface area contributed by atoms with Crippen LogP contribution in [0.3, 0.4) is 0 Å². The standard InChI is InChI=1S/C21H24N4O5/c26-20(14-23-21(27)18-2-1-3-19(12-18)25(28)29)22-13-16-4-6-17(7-5-16)15-24-8-10-30-11-9-24/h1-7,12H,8-11,13-15H2,(H,22,26)(H,23,27). The summed E-state index contributed by atoms with van der Waals surface area (Å²) < 4.78 is 5.35. The molecule has 1 fully saturated rings. The van der Waals surface area contributed by atoms with Gasteiger partial charge in [-0.05, 0) is 17.2 Å². The predicted octanol–water partition coefficient (Wildman–Crippen LogP) is 1.47. The zero-order valence-corrected chi connectivity index (χ0v) is 16.5. The Morgan fingerprint density at radius 1 is 1.03 bits per heavy atom. The van der Waals surface area contributed by atoms with Crippen molar-refractivity contribution in [3.63, 3.8) is 0 Å². The summed E-state index contributed by atoms with van der Waals surface area (Å²) in [5, 5.41) is 16.0. The van der Waals surface area contributed by atoms with Gasteiger partial charge in [0.15, 0.2) is 0 Å². The number of rotatable bonds is 8. The van der Waals surface area contributed by atoms with Crippen molar-refractivity contribution in [1.82, 2.24) is 15.5 Å². The Morgan fingerprint density at radius 3 is 2.43 bits per heavy atom. The number of hydrogen-bond acceptors (Lipinski definition) is 6. The first-order valence-electron chi connectivity index (χ1n) is 9.68. The van der Waals surface area contributed by atoms with Crippen LogP contribution in [-0.2, 0) is 22.6 Å². The molecule has 30 heavy (non-hydrogen) atoms. The van der Waals surface area contributed by atoms with Gasteiger partial charge in [-0.3, -0.25) is 24.6 Å². The van der Waals surface area contributed by atoms with E-state index in [9.17, 15) is 19.7 Å². The molecule has 1 heterocycles. The van der Waals surface area contributed by atoms with Crippen LogP contribution < -0.4 is 10.6 Å². The van der Waals surface area contributed by atoms with Crippen molar-refractivity contribution < 1.29 is 19.2 Å². The van der Waals surface area contributed by atoms with Crippen LogP contribution in [0.5, 0.6) is 0 Å². The third-order valence-electron chi connectivity index (χ3n) is 4.75. The summed E-state index contributed by atoms with van der Waals surface area (Å²) in [7, 11) is 0. The van der Waals surface area contributed by atoms with Crippen molar-refractivity contribution in [2.24, 2.45) is 0 Å². The van der Waals surface area contributed by atoms with E-state index in [1.165, 1.54) is 29.8 Å². The number of non-ortho nitro benzene ring substituents is 1. The molecule has 0 aliphatic carbocycles. The number of carbonyl (C=O) groups is 2. The maximum absolute atomic E-state index is 12.1. The molecule has 0 radical (unpaired) electrons. The first-order chi connectivity index (χ1) is 14.5. The highest BCUT2D eigenvalue weighted by atomic mass is 16.6. The van der Waals surface area contributed by atoms with E-state index in [1.54, 1.807) is 0 Å². The molecule has 0 unspecified atom stereocenters. The van der Waals surface area contributed by atoms with Crippen molar-refractivity contribution >= 4 is 17.5 Å². The molecule has 3 rings (SSSR count). The lowest BCUT2D eigenvalue weighted by Crippen LogP contribution is -2.36. The molecule has 0 aromatic heterocycles. The summed E-state index contributed by atoms with van der Waals surface area (Å²) >= 11 is 0. The highest BCUT2D eigenvalue weighted by molar-refractivity contribution is 5.96. The number of nitro benzene ring substituents is 1. The minimum Gasteiger partial charge on any atom is -0.379 e. The highest BCUT2D eigenvalue weighted by Gasteiger charge is 2.13. The van der Waals surface area contributed by atoms with Crippen LogP contribution >= 0.6 is 0 Å². The molecule has 0 atom stereocenters. The molecule has 158 valence electrons. The van der Waals surface area contributed by atoms with E-state index in [0.717, 1.165) is 38.4 Å². The van der Waals surface area contributed by atoms with Gasteiger partial charge in [0.25, 0.3) is 11.6 Å². The molecule has 2 aromatic rings. The summed E-state index contributed by atoms with van der Waals surface area (Å²) in [6.07, 6.45) is 0. The maximum atomic E-state index is 12.1. The number of ether oxygens (including phenoxy) is 1. The Bertz CT molecular complexity index is 895. The highest BCUT2D eigenvalue weighted by Crippen LogP contribution is 2.13. The Hall–Kier alpha value is -3.30. The lowest BCUT2D eigenvalue weighted by Gasteiger charge is -2.26. The summed E-state index contributed by atoms with van der Waals surface area (Å²) in [4.78, 5) is 36.6. The van der Waals surface area contributed by atoms with Crippen LogP contribution in [0.1, 0.15) is 21.5 Å². The first kappa shape index (κ1) is 21.4. The second-order valence-electron chi connectivity index (χ2n) is 6.97. The lowest BCUT2D eigenvalue weighted by atomic mass is 10.1. The van der Waals surface area contributed by atoms with E-state index in [1.807, 2.05) is 24.3 Å². The molecule has 1 saturated heterocycles. The zero-order valence-electron chi connectivity index (χ0n) is 16.5. The van der Waals surface area contributed by atoms with Crippen LogP contribution in [0.4, 0.5) is 5.69 Å². The number of hydrogen-bond donors (Lipinski definition) is 2. The van der Waals surface area contributed by atoms with E-state index < -0.39 is 10.8 Å². The Labute approximate surface area is 174 Å². The van der Waals surface area contributed by atoms with Crippen LogP contribution in [0, 0.1) is 10.1 Å². The molecule has 2 amide bonds. The van der Waals surface area contributed by atoms with Crippen molar-refractivity contribution in [1.29, 1.82) is 0 Å². The quantitative estimate of drug-likeness (QED) is 0.501. The zero-order chi connectivity index (χ0) is 21.3. The van der Waals surface area contributed by atoms with Crippen LogP contribution in [-0.4, -0.2) is 54.5 Å². The molecule has 1 aliphatic rings. The van der Waals surface area contributed by atoms with Crippen LogP contribution in [0.15, 0.2) is 48.5 Å². The third-order valence-corrected chi connectivity index (χ3v) is 4.75. The normalized spacial score (nSPS) is 14.1. The van der Waals surface area contributed by atoms with E-state index in [2.05, 4.69) is 15.5 Å². The van der Waals surface area contributed by atoms with Crippen LogP contribution in [0.2, 0.25) is 0 Å². The molecule has 9 nitrogen and oxygen atoms in total. The summed E-state index contributed by atoms with van der Waals surface area (Å²) in [6, 6.07) is 13.4. The monoisotopic (exact) mass is 412 g/mol. The number of carbonyl (C=O) groups excluding carboxylic acids is 2. The van der Waals surface area contributed by atoms with Crippen molar-refractivity contribution in [2.45, 2.75) is 13.1 Å². The second-order valence-corrected chi connectivity index (χ2v) is 6.97. The van der Waals surface area contributed by atoms with Gasteiger partial charge in [0.1, 0.15) is 0 Å². The number of nitrogens with one attached hydrogen (secondary N) is 2. The minimum atomic E-state index is -0.574. The first-order valence-corrected chi connectivity index (χ1v) is 9.68. The van der Waals surface area contributed by atoms with E-state index >= 15 is 0 Å². The van der Waals surface area contributed by atoms with Crippen molar-refractivity contribution in [3.05, 3.63) is 75.3 Å². The number of morpholine rings is 1. The summed E-state index contributed by atoms with van der Waals surface area (Å²) in [5.41, 5.74) is 2.12. The fraction of sp³-hybridized carbons (Fsp3) is 0.333. The van der Waals surface area contributed by atoms with Gasteiger partial charge >= 0.3 is 0 Å². The third kappa shape index (κ3) is 6.36. The molecule has 0 bridgehead atoms. The Balaban J connectivity index is 1.41. The van der Waals surface area contributed by atoms with Gasteiger partial charge in [-0.15, -0.1) is 0 Å². The molecule has 9 heteroatoms. The molecule has 2 aromatic carbocycles. The summed E-state index contributed by atoms with van der Waals surface area (Å²) in [5.74, 6) is -0.882. The molecular formula is C21H24N4O5. The second kappa shape index (κ2) is 10.5. The van der Waals surface area contributed by atoms with Gasteiger partial charge in [0.05, 0.1) is 24.7 Å².